The van der Waals surface area contributed by atoms with Crippen LogP contribution in [0.15, 0.2) is 35.7 Å². The van der Waals surface area contributed by atoms with Crippen molar-refractivity contribution < 1.29 is 52.5 Å². The van der Waals surface area contributed by atoms with Crippen molar-refractivity contribution in [2.24, 2.45) is 22.7 Å². The van der Waals surface area contributed by atoms with E-state index < -0.39 is 54.0 Å². The normalized spacial score (nSPS) is 13.2. The Morgan fingerprint density at radius 3 is 2.10 bits per heavy atom. The summed E-state index contributed by atoms with van der Waals surface area (Å²) in [5.41, 5.74) is -0.241. The smallest absolute Gasteiger partial charge is 0.407 e. The van der Waals surface area contributed by atoms with Crippen LogP contribution in [0.2, 0.25) is 0 Å². The Hall–Kier alpha value is -5.62. The van der Waals surface area contributed by atoms with Gasteiger partial charge in [0.2, 0.25) is 5.95 Å². The number of ether oxygens (including phenoxy) is 5. The Morgan fingerprint density at radius 2 is 1.46 bits per heavy atom. The number of carbonyl (C=O) groups excluding carboxylic acids is 6. The molecule has 0 aromatic carbocycles. The number of H-pyrrole nitrogens is 1. The van der Waals surface area contributed by atoms with Crippen molar-refractivity contribution >= 4 is 42.2 Å². The van der Waals surface area contributed by atoms with Crippen molar-refractivity contribution in [3.63, 3.8) is 0 Å². The van der Waals surface area contributed by atoms with Crippen molar-refractivity contribution in [3.8, 4) is 0 Å². The van der Waals surface area contributed by atoms with Gasteiger partial charge in [0.05, 0.1) is 0 Å². The molecule has 0 aliphatic rings. The van der Waals surface area contributed by atoms with Gasteiger partial charge in [-0.15, -0.1) is 0 Å². The Labute approximate surface area is 346 Å². The second kappa shape index (κ2) is 25.7. The summed E-state index contributed by atoms with van der Waals surface area (Å²) < 4.78 is 25.8. The van der Waals surface area contributed by atoms with E-state index in [1.165, 1.54) is 13.0 Å². The van der Waals surface area contributed by atoms with Gasteiger partial charge < -0.3 is 49.9 Å². The molecule has 0 spiro atoms. The average Bonchev–Trinajstić information content (AvgIpc) is 3.12. The second-order valence-corrected chi connectivity index (χ2v) is 16.3. The lowest BCUT2D eigenvalue weighted by atomic mass is 9.80. The molecule has 0 saturated carbocycles. The van der Waals surface area contributed by atoms with E-state index in [9.17, 15) is 33.6 Å². The molecular weight excluding hydrogens is 770 g/mol. The fourth-order valence-electron chi connectivity index (χ4n) is 5.86. The maximum atomic E-state index is 12.5. The van der Waals surface area contributed by atoms with Crippen LogP contribution in [0.4, 0.5) is 25.1 Å². The zero-order valence-electron chi connectivity index (χ0n) is 36.0. The van der Waals surface area contributed by atoms with Crippen LogP contribution in [-0.2, 0) is 33.3 Å². The number of nitrogens with zero attached hydrogens (tertiary/aromatic N) is 1. The molecule has 1 heterocycles. The zero-order valence-corrected chi connectivity index (χ0v) is 36.0. The summed E-state index contributed by atoms with van der Waals surface area (Å²) in [6.45, 7) is 24.1. The zero-order chi connectivity index (χ0) is 44.8. The third-order valence-corrected chi connectivity index (χ3v) is 8.57. The number of anilines is 1. The van der Waals surface area contributed by atoms with Gasteiger partial charge >= 0.3 is 36.2 Å². The minimum absolute atomic E-state index is 0.0696. The van der Waals surface area contributed by atoms with Crippen LogP contribution in [0.5, 0.6) is 0 Å². The SMILES string of the molecule is C=CC(=O)OCC(COC(=O)C(=C)C)OC(=O)NCC(C)(C)CC(C)CCNC(=O)OC(C)COC(=O)NCCC(C)(C)CC(C)CNC(=O)Nc1nc(=O)cc(C)[nH]1. The molecule has 6 N–H and O–H groups in total. The summed E-state index contributed by atoms with van der Waals surface area (Å²) in [4.78, 5) is 90.7. The van der Waals surface area contributed by atoms with Gasteiger partial charge in [-0.1, -0.05) is 54.7 Å². The Balaban J connectivity index is 2.31. The maximum absolute atomic E-state index is 12.5. The van der Waals surface area contributed by atoms with Crippen molar-refractivity contribution in [2.75, 3.05) is 51.3 Å². The van der Waals surface area contributed by atoms with Gasteiger partial charge in [-0.05, 0) is 69.1 Å². The largest absolute Gasteiger partial charge is 0.458 e. The molecule has 5 amide bonds. The molecule has 0 fully saturated rings. The van der Waals surface area contributed by atoms with Crippen LogP contribution in [0, 0.1) is 29.6 Å². The highest BCUT2D eigenvalue weighted by Gasteiger charge is 2.25. The monoisotopic (exact) mass is 835 g/mol. The first kappa shape index (κ1) is 51.4. The summed E-state index contributed by atoms with van der Waals surface area (Å²) in [6, 6.07) is 0.845. The van der Waals surface area contributed by atoms with Crippen LogP contribution in [0.25, 0.3) is 0 Å². The number of esters is 2. The van der Waals surface area contributed by atoms with Gasteiger partial charge in [-0.3, -0.25) is 10.1 Å². The molecule has 1 aromatic heterocycles. The number of alkyl carbamates (subject to hydrolysis) is 3. The third-order valence-electron chi connectivity index (χ3n) is 8.57. The first-order valence-electron chi connectivity index (χ1n) is 19.5. The van der Waals surface area contributed by atoms with E-state index in [4.69, 9.17) is 23.7 Å². The summed E-state index contributed by atoms with van der Waals surface area (Å²) in [6.07, 6.45) is -0.148. The first-order valence-corrected chi connectivity index (χ1v) is 19.5. The maximum Gasteiger partial charge on any atom is 0.407 e. The van der Waals surface area contributed by atoms with Crippen molar-refractivity contribution in [2.45, 2.75) is 100 Å². The van der Waals surface area contributed by atoms with Gasteiger partial charge in [0.1, 0.15) is 25.9 Å². The van der Waals surface area contributed by atoms with E-state index in [0.717, 1.165) is 12.5 Å². The van der Waals surface area contributed by atoms with Crippen LogP contribution >= 0.6 is 0 Å². The van der Waals surface area contributed by atoms with Crippen molar-refractivity contribution in [3.05, 3.63) is 46.9 Å². The van der Waals surface area contributed by atoms with Gasteiger partial charge in [0.25, 0.3) is 5.56 Å². The van der Waals surface area contributed by atoms with E-state index >= 15 is 0 Å². The molecular formula is C40H65N7O12. The van der Waals surface area contributed by atoms with Gasteiger partial charge in [-0.25, -0.2) is 28.8 Å². The molecule has 0 radical (unpaired) electrons. The van der Waals surface area contributed by atoms with Crippen LogP contribution in [-0.4, -0.2) is 104 Å². The Kier molecular flexibility index (Phi) is 22.4. The minimum atomic E-state index is -1.05. The first-order chi connectivity index (χ1) is 27.5. The molecule has 19 heteroatoms. The lowest BCUT2D eigenvalue weighted by Crippen LogP contribution is -2.39. The lowest BCUT2D eigenvalue weighted by Gasteiger charge is -2.28. The molecule has 0 aliphatic heterocycles. The topological polar surface area (TPSA) is 254 Å². The molecule has 0 saturated heterocycles. The number of nitrogens with one attached hydrogen (secondary N) is 6. The van der Waals surface area contributed by atoms with E-state index in [1.54, 1.807) is 13.8 Å². The van der Waals surface area contributed by atoms with E-state index in [2.05, 4.69) is 63.6 Å². The van der Waals surface area contributed by atoms with Crippen LogP contribution in [0.1, 0.15) is 86.8 Å². The summed E-state index contributed by atoms with van der Waals surface area (Å²) in [5, 5.41) is 13.4. The molecule has 0 bridgehead atoms. The van der Waals surface area contributed by atoms with Crippen molar-refractivity contribution in [1.29, 1.82) is 0 Å². The second-order valence-electron chi connectivity index (χ2n) is 16.3. The van der Waals surface area contributed by atoms with E-state index in [1.807, 2.05) is 27.7 Å². The third kappa shape index (κ3) is 24.7. The van der Waals surface area contributed by atoms with Crippen LogP contribution in [0.3, 0.4) is 0 Å². The highest BCUT2D eigenvalue weighted by molar-refractivity contribution is 5.87. The highest BCUT2D eigenvalue weighted by atomic mass is 16.6. The summed E-state index contributed by atoms with van der Waals surface area (Å²) in [5.74, 6) is -1.07. The molecule has 332 valence electrons. The summed E-state index contributed by atoms with van der Waals surface area (Å²) >= 11 is 0. The predicted molar refractivity (Wildman–Crippen MR) is 219 cm³/mol. The number of aromatic nitrogens is 2. The quantitative estimate of drug-likeness (QED) is 0.0437. The van der Waals surface area contributed by atoms with Gasteiger partial charge in [-0.2, -0.15) is 4.98 Å². The van der Waals surface area contributed by atoms with E-state index in [0.29, 0.717) is 44.6 Å². The average molecular weight is 836 g/mol. The fraction of sp³-hybridized carbons (Fsp3) is 0.650. The number of hydrogen-bond donors (Lipinski definition) is 6. The number of amides is 5. The number of carbonyl (C=O) groups is 6. The van der Waals surface area contributed by atoms with Gasteiger partial charge in [0.15, 0.2) is 6.10 Å². The number of hydrogen-bond acceptors (Lipinski definition) is 13. The molecule has 59 heavy (non-hydrogen) atoms. The Bertz CT molecular complexity index is 1640. The molecule has 0 aliphatic carbocycles. The van der Waals surface area contributed by atoms with E-state index in [-0.39, 0.29) is 60.6 Å². The molecule has 1 aromatic rings. The van der Waals surface area contributed by atoms with Gasteiger partial charge in [0, 0.05) is 49.6 Å². The van der Waals surface area contributed by atoms with Crippen LogP contribution < -0.4 is 32.1 Å². The summed E-state index contributed by atoms with van der Waals surface area (Å²) in [7, 11) is 0. The number of aryl methyl sites for hydroxylation is 1. The predicted octanol–water partition coefficient (Wildman–Crippen LogP) is 4.87. The molecule has 4 unspecified atom stereocenters. The minimum Gasteiger partial charge on any atom is -0.458 e. The Morgan fingerprint density at radius 1 is 0.831 bits per heavy atom. The number of aromatic amines is 1. The molecule has 4 atom stereocenters. The van der Waals surface area contributed by atoms with Crippen molar-refractivity contribution in [1.82, 2.24) is 31.2 Å². The lowest BCUT2D eigenvalue weighted by molar-refractivity contribution is -0.147. The molecule has 19 nitrogen and oxygen atoms in total. The standard InChI is InChI=1S/C40H65N7O12/c1-12-32(49)55-22-30(23-56-33(50)25(2)3)59-38(54)44-24-40(10,11)18-26(4)13-15-41-37(53)58-29(7)21-57-36(52)42-16-14-39(8,9)19-27(5)20-43-35(51)47-34-45-28(6)17-31(48)46-34/h12,17,26-27,29-30H,1-2,13-16,18-24H2,3-11H3,(H,41,53)(H,42,52)(H,44,54)(H3,43,45,46,47,48,51). The number of urea groups is 1. The highest BCUT2D eigenvalue weighted by Crippen LogP contribution is 2.29. The fourth-order valence-corrected chi connectivity index (χ4v) is 5.86. The molecule has 1 rings (SSSR count). The number of rotatable bonds is 25.